The van der Waals surface area contributed by atoms with Gasteiger partial charge in [-0.05, 0) is 113 Å². The fraction of sp³-hybridized carbons (Fsp3) is 0.629. The molecule has 25 heteroatoms. The fourth-order valence-corrected chi connectivity index (χ4v) is 16.2. The molecule has 3 heterocycles. The number of alkyl halides is 7. The predicted molar refractivity (Wildman–Crippen MR) is 292 cm³/mol. The first-order valence-corrected chi connectivity index (χ1v) is 29.2. The van der Waals surface area contributed by atoms with Gasteiger partial charge in [-0.15, -0.1) is 0 Å². The number of piperidine rings is 1. The van der Waals surface area contributed by atoms with Crippen LogP contribution in [0.5, 0.6) is 11.5 Å². The second-order valence-electron chi connectivity index (χ2n) is 25.4. The van der Waals surface area contributed by atoms with Crippen LogP contribution in [0.15, 0.2) is 63.8 Å². The summed E-state index contributed by atoms with van der Waals surface area (Å²) in [5.74, 6) is -5.17. The Kier molecular flexibility index (Phi) is 17.7. The minimum atomic E-state index is -4.63. The van der Waals surface area contributed by atoms with Gasteiger partial charge >= 0.3 is 24.3 Å². The van der Waals surface area contributed by atoms with Gasteiger partial charge in [-0.3, -0.25) is 28.8 Å². The monoisotopic (exact) mass is 1230 g/mol. The average molecular weight is 1240 g/mol. The van der Waals surface area contributed by atoms with Crippen molar-refractivity contribution in [2.45, 2.75) is 159 Å². The molecule has 1 amide bonds. The summed E-state index contributed by atoms with van der Waals surface area (Å²) in [5.41, 5.74) is -5.58. The van der Waals surface area contributed by atoms with Gasteiger partial charge in [0.25, 0.3) is 5.91 Å². The van der Waals surface area contributed by atoms with Crippen LogP contribution < -0.4 is 20.1 Å². The molecule has 14 atom stereocenters. The van der Waals surface area contributed by atoms with Crippen molar-refractivity contribution in [1.82, 2.24) is 10.6 Å². The van der Waals surface area contributed by atoms with Crippen molar-refractivity contribution in [3.63, 3.8) is 0 Å². The number of Topliss-reactive ketones (excluding diaryl/α,β-unsaturated/α-hetero) is 3. The van der Waals surface area contributed by atoms with E-state index in [9.17, 15) is 75.2 Å². The van der Waals surface area contributed by atoms with Crippen molar-refractivity contribution in [1.29, 1.82) is 0 Å². The number of nitrogens with one attached hydrogen (secondary N) is 2. The van der Waals surface area contributed by atoms with Crippen molar-refractivity contribution < 1.29 is 108 Å². The molecular weight excluding hydrogens is 1160 g/mol. The number of aliphatic hydroxyl groups is 3. The minimum Gasteiger partial charge on any atom is -0.484 e. The standard InChI is InChI=1S/C23H24O8.C22H29FO5.C17H20F6N2O3/c1-10(24)30-13-7-22(2)12(5-6-14(22)25)16-18(13)23(3)15(9-28-4)31-21(27)11-8-29-20(17(11)23)19(16)26;1-12-8-16-15-5-4-13-9-14(25)6-7-19(13,2)21(15,23)17(26)10-20(16,3)22(12,28)18(27)11-24;18-16(19,20)9-27-12-4-5-14(28-10-17(21,22)23)13(7-12)15(26)25-8-11-3-1-2-6-24-11/h8,12-13,15H,5-7,9H2,1-4H3;6-7,9,12,15-17,24,26,28H,4-5,8,10-11H2,1-3H3;4-5,7,11,24H,1-3,6,8-10H2,(H,25,26)/t12?,13-,15-,22+,23+;12-,15+,16+,17+,19+,20+,21+,22+;/m11./s1. The lowest BCUT2D eigenvalue weighted by Gasteiger charge is -2.62. The lowest BCUT2D eigenvalue weighted by atomic mass is 9.44. The van der Waals surface area contributed by atoms with E-state index in [-0.39, 0.29) is 83.9 Å². The summed E-state index contributed by atoms with van der Waals surface area (Å²) >= 11 is 0. The first-order chi connectivity index (χ1) is 40.6. The Morgan fingerprint density at radius 2 is 1.62 bits per heavy atom. The molecule has 5 fully saturated rings. The molecule has 4 saturated carbocycles. The van der Waals surface area contributed by atoms with Gasteiger partial charge in [0.05, 0.1) is 23.7 Å². The van der Waals surface area contributed by atoms with Crippen molar-refractivity contribution in [2.24, 2.45) is 39.9 Å². The SMILES string of the molecule is COC[C@H]1OC(=O)c2coc3c2[C@@]1(C)C1=C(C3=O)C2CCC(=O)[C@@]2(C)C[C@H]1OC(C)=O.C[C@@H]1C[C@H]2[C@@H]3CCC4=CC(=O)C=C[C@]4(C)[C@@]3(F)[C@@H](O)C[C@]2(C)[C@@]1(O)C(=O)CO.O=C(NCC1CCCCN1)c1cc(OCC(F)(F)F)ccc1OCC(F)(F)F. The van der Waals surface area contributed by atoms with Crippen molar-refractivity contribution in [3.8, 4) is 11.5 Å². The third-order valence-corrected chi connectivity index (χ3v) is 20.4. The zero-order valence-corrected chi connectivity index (χ0v) is 49.3. The number of benzene rings is 1. The number of ketones is 4. The maximum Gasteiger partial charge on any atom is 0.422 e. The fourth-order valence-electron chi connectivity index (χ4n) is 16.2. The quantitative estimate of drug-likeness (QED) is 0.1000. The zero-order valence-electron chi connectivity index (χ0n) is 49.3. The molecule has 1 saturated heterocycles. The number of methoxy groups -OCH3 is 1. The molecule has 87 heavy (non-hydrogen) atoms. The van der Waals surface area contributed by atoms with Gasteiger partial charge in [-0.2, -0.15) is 26.3 Å². The number of furan rings is 1. The van der Waals surface area contributed by atoms with Gasteiger partial charge in [-0.25, -0.2) is 9.18 Å². The number of rotatable bonds is 12. The molecule has 11 rings (SSSR count). The van der Waals surface area contributed by atoms with Crippen LogP contribution in [-0.4, -0.2) is 151 Å². The smallest absolute Gasteiger partial charge is 0.422 e. The first kappa shape index (κ1) is 65.2. The van der Waals surface area contributed by atoms with Crippen molar-refractivity contribution in [3.05, 3.63) is 81.9 Å². The number of halogens is 7. The first-order valence-electron chi connectivity index (χ1n) is 29.2. The van der Waals surface area contributed by atoms with Crippen molar-refractivity contribution in [2.75, 3.05) is 46.6 Å². The number of hydrogen-bond acceptors (Lipinski definition) is 17. The highest BCUT2D eigenvalue weighted by Crippen LogP contribution is 2.71. The largest absolute Gasteiger partial charge is 0.484 e. The van der Waals surface area contributed by atoms with E-state index >= 15 is 4.39 Å². The summed E-state index contributed by atoms with van der Waals surface area (Å²) < 4.78 is 123. The van der Waals surface area contributed by atoms with E-state index in [4.69, 9.17) is 18.6 Å². The molecule has 5 N–H and O–H groups in total. The summed E-state index contributed by atoms with van der Waals surface area (Å²) in [6, 6.07) is 2.94. The lowest BCUT2D eigenvalue weighted by Crippen LogP contribution is -2.69. The Morgan fingerprint density at radius 1 is 0.920 bits per heavy atom. The van der Waals surface area contributed by atoms with E-state index in [1.807, 2.05) is 13.8 Å². The maximum absolute atomic E-state index is 16.9. The molecular formula is C62H73F7N2O16. The normalized spacial score (nSPS) is 35.5. The Balaban J connectivity index is 0.000000156. The molecule has 1 aromatic carbocycles. The number of allylic oxidation sites excluding steroid dienone is 5. The van der Waals surface area contributed by atoms with E-state index in [2.05, 4.69) is 20.1 Å². The zero-order chi connectivity index (χ0) is 63.8. The van der Waals surface area contributed by atoms with Crippen LogP contribution in [0.1, 0.15) is 143 Å². The Labute approximate surface area is 496 Å². The number of cyclic esters (lactones) is 1. The summed E-state index contributed by atoms with van der Waals surface area (Å²) in [6.07, 6.45) is -1.07. The van der Waals surface area contributed by atoms with E-state index in [0.29, 0.717) is 54.4 Å². The molecule has 18 nitrogen and oxygen atoms in total. The van der Waals surface area contributed by atoms with E-state index in [1.165, 1.54) is 32.4 Å². The van der Waals surface area contributed by atoms with Gasteiger partial charge in [0.2, 0.25) is 5.78 Å². The molecule has 9 aliphatic rings. The molecule has 7 aliphatic carbocycles. The second kappa shape index (κ2) is 23.6. The molecule has 476 valence electrons. The lowest BCUT2D eigenvalue weighted by molar-refractivity contribution is -0.219. The third kappa shape index (κ3) is 11.2. The van der Waals surface area contributed by atoms with Gasteiger partial charge < -0.3 is 54.1 Å². The third-order valence-electron chi connectivity index (χ3n) is 20.4. The van der Waals surface area contributed by atoms with E-state index in [1.54, 1.807) is 26.8 Å². The van der Waals surface area contributed by atoms with Gasteiger partial charge in [0, 0.05) is 78.7 Å². The van der Waals surface area contributed by atoms with E-state index < -0.39 is 125 Å². The van der Waals surface area contributed by atoms with Gasteiger partial charge in [0.15, 0.2) is 36.2 Å². The van der Waals surface area contributed by atoms with Crippen LogP contribution in [0.3, 0.4) is 0 Å². The predicted octanol–water partition coefficient (Wildman–Crippen LogP) is 7.87. The second-order valence-corrected chi connectivity index (χ2v) is 25.4. The van der Waals surface area contributed by atoms with Crippen LogP contribution in [0, 0.1) is 39.9 Å². The number of esters is 2. The minimum absolute atomic E-state index is 0.0157. The highest BCUT2D eigenvalue weighted by molar-refractivity contribution is 6.14. The van der Waals surface area contributed by atoms with Crippen LogP contribution >= 0.6 is 0 Å². The number of aliphatic hydroxyl groups excluding tert-OH is 2. The highest BCUT2D eigenvalue weighted by atomic mass is 19.4. The molecule has 2 unspecified atom stereocenters. The van der Waals surface area contributed by atoms with E-state index in [0.717, 1.165) is 44.0 Å². The number of fused-ring (bicyclic) bond motifs is 8. The topological polar surface area (TPSA) is 264 Å². The Bertz CT molecular complexity index is 3200. The Morgan fingerprint density at radius 3 is 2.26 bits per heavy atom. The molecule has 0 bridgehead atoms. The number of carbonyl (C=O) groups excluding carboxylic acids is 7. The summed E-state index contributed by atoms with van der Waals surface area (Å²) in [7, 11) is 1.50. The molecule has 0 radical (unpaired) electrons. The van der Waals surface area contributed by atoms with Crippen LogP contribution in [-0.2, 0) is 38.8 Å². The van der Waals surface area contributed by atoms with Crippen LogP contribution in [0.2, 0.25) is 0 Å². The molecule has 2 aromatic rings. The molecule has 0 spiro atoms. The number of ether oxygens (including phenoxy) is 5. The van der Waals surface area contributed by atoms with Gasteiger partial charge in [-0.1, -0.05) is 38.8 Å². The summed E-state index contributed by atoms with van der Waals surface area (Å²) in [6.45, 7) is 7.38. The highest BCUT2D eigenvalue weighted by Gasteiger charge is 2.76. The number of hydrogen-bond donors (Lipinski definition) is 5. The summed E-state index contributed by atoms with van der Waals surface area (Å²) in [5, 5.41) is 37.7. The van der Waals surface area contributed by atoms with Crippen LogP contribution in [0.25, 0.3) is 0 Å². The molecule has 1 aromatic heterocycles. The molecule has 2 aliphatic heterocycles. The van der Waals surface area contributed by atoms with Gasteiger partial charge in [0.1, 0.15) is 53.5 Å². The Hall–Kier alpha value is -6.28. The van der Waals surface area contributed by atoms with Crippen molar-refractivity contribution >= 4 is 41.0 Å². The average Bonchev–Trinajstić information content (AvgIpc) is 1.65. The number of carbonyl (C=O) groups is 7. The summed E-state index contributed by atoms with van der Waals surface area (Å²) in [4.78, 5) is 88.0. The maximum atomic E-state index is 16.9. The van der Waals surface area contributed by atoms with Crippen LogP contribution in [0.4, 0.5) is 30.7 Å². The number of amides is 1.